The fraction of sp³-hybridized carbons (Fsp3) is 0.500. The molecule has 1 N–H and O–H groups in total. The summed E-state index contributed by atoms with van der Waals surface area (Å²) in [6.07, 6.45) is 6.92. The molecule has 0 bridgehead atoms. The van der Waals surface area contributed by atoms with Gasteiger partial charge in [0.1, 0.15) is 5.82 Å². The van der Waals surface area contributed by atoms with Crippen LogP contribution in [0.4, 0.5) is 5.95 Å². The Kier molecular flexibility index (Phi) is 4.99. The molecule has 2 aromatic rings. The van der Waals surface area contributed by atoms with Gasteiger partial charge in [0, 0.05) is 44.5 Å². The molecule has 0 saturated heterocycles. The van der Waals surface area contributed by atoms with Crippen molar-refractivity contribution in [3.63, 3.8) is 0 Å². The largest absolute Gasteiger partial charge is 0.346 e. The first kappa shape index (κ1) is 16.7. The van der Waals surface area contributed by atoms with Crippen molar-refractivity contribution in [3.8, 4) is 0 Å². The van der Waals surface area contributed by atoms with Crippen LogP contribution in [0.3, 0.4) is 0 Å². The van der Waals surface area contributed by atoms with Gasteiger partial charge < -0.3 is 14.8 Å². The number of nitrogens with one attached hydrogen (secondary N) is 1. The van der Waals surface area contributed by atoms with E-state index in [9.17, 15) is 4.79 Å². The van der Waals surface area contributed by atoms with E-state index in [2.05, 4.69) is 24.8 Å². The molecule has 3 heterocycles. The average molecular weight is 349 g/mol. The van der Waals surface area contributed by atoms with E-state index in [-0.39, 0.29) is 22.7 Å². The van der Waals surface area contributed by atoms with Crippen molar-refractivity contribution >= 4 is 23.5 Å². The molecule has 7 nitrogen and oxygen atoms in total. The minimum Gasteiger partial charge on any atom is -0.346 e. The van der Waals surface area contributed by atoms with Crippen molar-refractivity contribution in [2.75, 3.05) is 18.0 Å². The van der Waals surface area contributed by atoms with E-state index in [4.69, 9.17) is 11.6 Å². The Morgan fingerprint density at radius 2 is 2.21 bits per heavy atom. The predicted molar refractivity (Wildman–Crippen MR) is 92.4 cm³/mol. The Hall–Kier alpha value is -2.15. The first-order chi connectivity index (χ1) is 11.6. The molecule has 2 aromatic heterocycles. The SMILES string of the molecule is CCN(CC)c1ncc(Cl)c(C(=O)N[C@@H]2CCc3nccn3C2)n1. The second-order valence-corrected chi connectivity index (χ2v) is 6.15. The molecule has 1 aliphatic heterocycles. The van der Waals surface area contributed by atoms with Gasteiger partial charge in [-0.25, -0.2) is 15.0 Å². The molecule has 1 aliphatic rings. The smallest absolute Gasteiger partial charge is 0.271 e. The standard InChI is InChI=1S/C16H21ClN6O/c1-3-22(4-2)16-19-9-12(17)14(21-16)15(24)20-11-5-6-13-18-7-8-23(13)10-11/h7-9,11H,3-6,10H2,1-2H3,(H,20,24)/t11-/m1/s1. The summed E-state index contributed by atoms with van der Waals surface area (Å²) >= 11 is 6.14. The molecule has 0 unspecified atom stereocenters. The summed E-state index contributed by atoms with van der Waals surface area (Å²) in [4.78, 5) is 27.5. The highest BCUT2D eigenvalue weighted by atomic mass is 35.5. The van der Waals surface area contributed by atoms with Gasteiger partial charge in [0.25, 0.3) is 5.91 Å². The van der Waals surface area contributed by atoms with Crippen molar-refractivity contribution in [2.45, 2.75) is 39.3 Å². The van der Waals surface area contributed by atoms with Gasteiger partial charge in [-0.2, -0.15) is 0 Å². The van der Waals surface area contributed by atoms with Crippen LogP contribution in [0.1, 0.15) is 36.6 Å². The van der Waals surface area contributed by atoms with Gasteiger partial charge in [-0.3, -0.25) is 4.79 Å². The molecule has 0 fully saturated rings. The van der Waals surface area contributed by atoms with E-state index in [0.29, 0.717) is 12.5 Å². The lowest BCUT2D eigenvalue weighted by Crippen LogP contribution is -2.41. The highest BCUT2D eigenvalue weighted by Gasteiger charge is 2.23. The van der Waals surface area contributed by atoms with Crippen molar-refractivity contribution in [3.05, 3.63) is 35.1 Å². The summed E-state index contributed by atoms with van der Waals surface area (Å²) in [5.41, 5.74) is 0.227. The van der Waals surface area contributed by atoms with E-state index >= 15 is 0 Å². The summed E-state index contributed by atoms with van der Waals surface area (Å²) in [5, 5.41) is 3.29. The third-order valence-electron chi connectivity index (χ3n) is 4.26. The zero-order chi connectivity index (χ0) is 17.1. The topological polar surface area (TPSA) is 75.9 Å². The number of carbonyl (C=O) groups is 1. The molecule has 3 rings (SSSR count). The molecule has 0 saturated carbocycles. The lowest BCUT2D eigenvalue weighted by atomic mass is 10.1. The molecule has 8 heteroatoms. The molecule has 0 radical (unpaired) electrons. The monoisotopic (exact) mass is 348 g/mol. The molecule has 0 spiro atoms. The number of aromatic nitrogens is 4. The summed E-state index contributed by atoms with van der Waals surface area (Å²) in [5.74, 6) is 1.32. The van der Waals surface area contributed by atoms with E-state index in [1.807, 2.05) is 24.9 Å². The van der Waals surface area contributed by atoms with Crippen molar-refractivity contribution in [1.29, 1.82) is 0 Å². The number of amides is 1. The number of hydrogen-bond donors (Lipinski definition) is 1. The Balaban J connectivity index is 1.74. The van der Waals surface area contributed by atoms with E-state index < -0.39 is 0 Å². The van der Waals surface area contributed by atoms with Crippen molar-refractivity contribution in [2.24, 2.45) is 0 Å². The Labute approximate surface area is 146 Å². The highest BCUT2D eigenvalue weighted by Crippen LogP contribution is 2.18. The Morgan fingerprint density at radius 3 is 2.96 bits per heavy atom. The van der Waals surface area contributed by atoms with Crippen LogP contribution in [0, 0.1) is 0 Å². The van der Waals surface area contributed by atoms with E-state index in [1.165, 1.54) is 6.20 Å². The summed E-state index contributed by atoms with van der Waals surface area (Å²) in [6, 6.07) is 0.0436. The number of aryl methyl sites for hydroxylation is 1. The zero-order valence-electron chi connectivity index (χ0n) is 13.9. The fourth-order valence-electron chi connectivity index (χ4n) is 2.91. The number of carbonyl (C=O) groups excluding carboxylic acids is 1. The van der Waals surface area contributed by atoms with Gasteiger partial charge in [-0.15, -0.1) is 0 Å². The minimum atomic E-state index is -0.260. The fourth-order valence-corrected chi connectivity index (χ4v) is 3.09. The number of anilines is 1. The van der Waals surface area contributed by atoms with Gasteiger partial charge >= 0.3 is 0 Å². The van der Waals surface area contributed by atoms with Gasteiger partial charge in [-0.05, 0) is 20.3 Å². The van der Waals surface area contributed by atoms with Crippen LogP contribution < -0.4 is 10.2 Å². The van der Waals surface area contributed by atoms with Gasteiger partial charge in [0.2, 0.25) is 5.95 Å². The third-order valence-corrected chi connectivity index (χ3v) is 4.54. The molecule has 0 aliphatic carbocycles. The zero-order valence-corrected chi connectivity index (χ0v) is 14.6. The summed E-state index contributed by atoms with van der Waals surface area (Å²) < 4.78 is 2.07. The quantitative estimate of drug-likeness (QED) is 0.893. The highest BCUT2D eigenvalue weighted by molar-refractivity contribution is 6.33. The lowest BCUT2D eigenvalue weighted by Gasteiger charge is -2.25. The normalized spacial score (nSPS) is 16.5. The Bertz CT molecular complexity index is 727. The average Bonchev–Trinajstić information content (AvgIpc) is 3.05. The van der Waals surface area contributed by atoms with E-state index in [1.54, 1.807) is 6.20 Å². The molecular weight excluding hydrogens is 328 g/mol. The molecule has 0 aromatic carbocycles. The van der Waals surface area contributed by atoms with Crippen LogP contribution in [0.15, 0.2) is 18.6 Å². The summed E-state index contributed by atoms with van der Waals surface area (Å²) in [6.45, 7) is 6.29. The third kappa shape index (κ3) is 3.36. The number of halogens is 1. The number of imidazole rings is 1. The van der Waals surface area contributed by atoms with Crippen LogP contribution in [-0.2, 0) is 13.0 Å². The van der Waals surface area contributed by atoms with Gasteiger partial charge in [0.15, 0.2) is 5.69 Å². The molecule has 1 atom stereocenters. The van der Waals surface area contributed by atoms with Crippen molar-refractivity contribution in [1.82, 2.24) is 24.8 Å². The summed E-state index contributed by atoms with van der Waals surface area (Å²) in [7, 11) is 0. The number of rotatable bonds is 5. The maximum absolute atomic E-state index is 12.6. The first-order valence-corrected chi connectivity index (χ1v) is 8.58. The maximum atomic E-state index is 12.6. The van der Waals surface area contributed by atoms with Crippen molar-refractivity contribution < 1.29 is 4.79 Å². The van der Waals surface area contributed by atoms with Crippen LogP contribution >= 0.6 is 11.6 Å². The number of nitrogens with zero attached hydrogens (tertiary/aromatic N) is 5. The molecule has 24 heavy (non-hydrogen) atoms. The number of fused-ring (bicyclic) bond motifs is 1. The van der Waals surface area contributed by atoms with Crippen LogP contribution in [0.2, 0.25) is 5.02 Å². The lowest BCUT2D eigenvalue weighted by molar-refractivity contribution is 0.0922. The number of hydrogen-bond acceptors (Lipinski definition) is 5. The van der Waals surface area contributed by atoms with Gasteiger partial charge in [-0.1, -0.05) is 11.6 Å². The van der Waals surface area contributed by atoms with Crippen LogP contribution in [-0.4, -0.2) is 44.6 Å². The molecular formula is C16H21ClN6O. The Morgan fingerprint density at radius 1 is 1.42 bits per heavy atom. The second-order valence-electron chi connectivity index (χ2n) is 5.74. The minimum absolute atomic E-state index is 0.0436. The van der Waals surface area contributed by atoms with Crippen LogP contribution in [0.25, 0.3) is 0 Å². The predicted octanol–water partition coefficient (Wildman–Crippen LogP) is 1.92. The van der Waals surface area contributed by atoms with Gasteiger partial charge in [0.05, 0.1) is 11.2 Å². The maximum Gasteiger partial charge on any atom is 0.271 e. The van der Waals surface area contributed by atoms with Crippen LogP contribution in [0.5, 0.6) is 0 Å². The van der Waals surface area contributed by atoms with E-state index in [0.717, 1.165) is 31.8 Å². The second kappa shape index (κ2) is 7.17. The first-order valence-electron chi connectivity index (χ1n) is 8.20. The molecule has 128 valence electrons. The molecule has 1 amide bonds.